The maximum absolute atomic E-state index is 12.8. The SMILES string of the molecule is CN(C(=O)C1NCCCC1(C)C)c1ccccc1C(=O)O. The average molecular weight is 290 g/mol. The molecule has 0 saturated carbocycles. The number of carbonyl (C=O) groups excluding carboxylic acids is 1. The fourth-order valence-electron chi connectivity index (χ4n) is 2.89. The van der Waals surface area contributed by atoms with Crippen molar-refractivity contribution in [1.29, 1.82) is 0 Å². The number of rotatable bonds is 3. The van der Waals surface area contributed by atoms with Gasteiger partial charge in [0.1, 0.15) is 0 Å². The second-order valence-electron chi connectivity index (χ2n) is 6.20. The van der Waals surface area contributed by atoms with Gasteiger partial charge in [0.15, 0.2) is 0 Å². The lowest BCUT2D eigenvalue weighted by Crippen LogP contribution is -2.56. The molecule has 1 aliphatic heterocycles. The molecule has 1 saturated heterocycles. The van der Waals surface area contributed by atoms with Gasteiger partial charge in [-0.3, -0.25) is 4.79 Å². The summed E-state index contributed by atoms with van der Waals surface area (Å²) in [7, 11) is 1.64. The second-order valence-corrected chi connectivity index (χ2v) is 6.20. The van der Waals surface area contributed by atoms with E-state index in [9.17, 15) is 14.7 Å². The highest BCUT2D eigenvalue weighted by Crippen LogP contribution is 2.32. The summed E-state index contributed by atoms with van der Waals surface area (Å²) in [5.41, 5.74) is 0.432. The van der Waals surface area contributed by atoms with E-state index in [2.05, 4.69) is 19.2 Å². The molecule has 1 amide bonds. The number of amides is 1. The van der Waals surface area contributed by atoms with Crippen molar-refractivity contribution in [2.75, 3.05) is 18.5 Å². The summed E-state index contributed by atoms with van der Waals surface area (Å²) < 4.78 is 0. The van der Waals surface area contributed by atoms with E-state index >= 15 is 0 Å². The molecule has 1 fully saturated rings. The van der Waals surface area contributed by atoms with Crippen LogP contribution >= 0.6 is 0 Å². The fraction of sp³-hybridized carbons (Fsp3) is 0.500. The van der Waals surface area contributed by atoms with E-state index in [0.29, 0.717) is 5.69 Å². The van der Waals surface area contributed by atoms with E-state index in [0.717, 1.165) is 19.4 Å². The molecule has 0 aromatic heterocycles. The first-order valence-corrected chi connectivity index (χ1v) is 7.18. The average Bonchev–Trinajstić information content (AvgIpc) is 2.45. The van der Waals surface area contributed by atoms with Crippen LogP contribution in [0.2, 0.25) is 0 Å². The molecule has 0 aliphatic carbocycles. The van der Waals surface area contributed by atoms with E-state index in [1.807, 2.05) is 0 Å². The van der Waals surface area contributed by atoms with Crippen LogP contribution in [0.15, 0.2) is 24.3 Å². The quantitative estimate of drug-likeness (QED) is 0.894. The standard InChI is InChI=1S/C16H22N2O3/c1-16(2)9-6-10-17-13(16)14(19)18(3)12-8-5-4-7-11(12)15(20)21/h4-5,7-8,13,17H,6,9-10H2,1-3H3,(H,20,21). The van der Waals surface area contributed by atoms with Crippen LogP contribution in [0.1, 0.15) is 37.0 Å². The third-order valence-corrected chi connectivity index (χ3v) is 4.20. The van der Waals surface area contributed by atoms with Gasteiger partial charge >= 0.3 is 5.97 Å². The van der Waals surface area contributed by atoms with Crippen molar-refractivity contribution in [1.82, 2.24) is 5.32 Å². The summed E-state index contributed by atoms with van der Waals surface area (Å²) >= 11 is 0. The Kier molecular flexibility index (Phi) is 4.32. The summed E-state index contributed by atoms with van der Waals surface area (Å²) in [5, 5.41) is 12.5. The zero-order valence-electron chi connectivity index (χ0n) is 12.7. The summed E-state index contributed by atoms with van der Waals surface area (Å²) in [6, 6.07) is 6.29. The van der Waals surface area contributed by atoms with Crippen molar-refractivity contribution >= 4 is 17.6 Å². The summed E-state index contributed by atoms with van der Waals surface area (Å²) in [5.74, 6) is -1.12. The zero-order chi connectivity index (χ0) is 15.6. The number of likely N-dealkylation sites (N-methyl/N-ethyl adjacent to an activating group) is 1. The molecule has 1 aromatic rings. The molecule has 2 rings (SSSR count). The Balaban J connectivity index is 2.29. The molecule has 1 aliphatic rings. The van der Waals surface area contributed by atoms with Crippen molar-refractivity contribution in [3.8, 4) is 0 Å². The molecule has 2 N–H and O–H groups in total. The number of aromatic carboxylic acids is 1. The normalized spacial score (nSPS) is 20.8. The minimum atomic E-state index is -1.03. The van der Waals surface area contributed by atoms with E-state index in [4.69, 9.17) is 0 Å². The van der Waals surface area contributed by atoms with Crippen molar-refractivity contribution in [3.05, 3.63) is 29.8 Å². The molecule has 114 valence electrons. The number of carboxylic acids is 1. The number of carboxylic acid groups (broad SMARTS) is 1. The molecule has 0 bridgehead atoms. The van der Waals surface area contributed by atoms with Crippen LogP contribution in [0.3, 0.4) is 0 Å². The van der Waals surface area contributed by atoms with E-state index in [1.54, 1.807) is 25.2 Å². The maximum Gasteiger partial charge on any atom is 0.337 e. The van der Waals surface area contributed by atoms with Gasteiger partial charge in [0, 0.05) is 7.05 Å². The molecule has 0 radical (unpaired) electrons. The first-order chi connectivity index (χ1) is 9.84. The van der Waals surface area contributed by atoms with Crippen LogP contribution in [0, 0.1) is 5.41 Å². The molecule has 21 heavy (non-hydrogen) atoms. The van der Waals surface area contributed by atoms with Crippen LogP contribution in [0.4, 0.5) is 5.69 Å². The van der Waals surface area contributed by atoms with Crippen LogP contribution in [0.25, 0.3) is 0 Å². The van der Waals surface area contributed by atoms with Crippen molar-refractivity contribution in [2.24, 2.45) is 5.41 Å². The van der Waals surface area contributed by atoms with Crippen molar-refractivity contribution in [2.45, 2.75) is 32.7 Å². The van der Waals surface area contributed by atoms with Gasteiger partial charge in [0.2, 0.25) is 5.91 Å². The van der Waals surface area contributed by atoms with Crippen molar-refractivity contribution in [3.63, 3.8) is 0 Å². The number of nitrogens with zero attached hydrogens (tertiary/aromatic N) is 1. The first kappa shape index (κ1) is 15.5. The van der Waals surface area contributed by atoms with Gasteiger partial charge in [0.05, 0.1) is 17.3 Å². The number of para-hydroxylation sites is 1. The lowest BCUT2D eigenvalue weighted by molar-refractivity contribution is -0.123. The Labute approximate surface area is 125 Å². The number of nitrogens with one attached hydrogen (secondary N) is 1. The van der Waals surface area contributed by atoms with Gasteiger partial charge in [0.25, 0.3) is 0 Å². The molecule has 1 heterocycles. The molecule has 0 spiro atoms. The summed E-state index contributed by atoms with van der Waals surface area (Å²) in [6.07, 6.45) is 2.02. The van der Waals surface area contributed by atoms with Gasteiger partial charge in [-0.2, -0.15) is 0 Å². The molecular weight excluding hydrogens is 268 g/mol. The zero-order valence-corrected chi connectivity index (χ0v) is 12.7. The Hall–Kier alpha value is -1.88. The molecule has 1 atom stereocenters. The van der Waals surface area contributed by atoms with E-state index in [1.165, 1.54) is 11.0 Å². The van der Waals surface area contributed by atoms with Gasteiger partial charge in [-0.15, -0.1) is 0 Å². The van der Waals surface area contributed by atoms with Crippen LogP contribution in [-0.4, -0.2) is 36.6 Å². The van der Waals surface area contributed by atoms with Crippen molar-refractivity contribution < 1.29 is 14.7 Å². The minimum absolute atomic E-state index is 0.0894. The number of carbonyl (C=O) groups is 2. The largest absolute Gasteiger partial charge is 0.478 e. The minimum Gasteiger partial charge on any atom is -0.478 e. The monoisotopic (exact) mass is 290 g/mol. The predicted octanol–water partition coefficient (Wildman–Crippen LogP) is 2.13. The summed E-state index contributed by atoms with van der Waals surface area (Å²) in [4.78, 5) is 25.5. The highest BCUT2D eigenvalue weighted by atomic mass is 16.4. The topological polar surface area (TPSA) is 69.6 Å². The summed E-state index contributed by atoms with van der Waals surface area (Å²) in [6.45, 7) is 4.95. The number of anilines is 1. The lowest BCUT2D eigenvalue weighted by Gasteiger charge is -2.40. The molecule has 5 nitrogen and oxygen atoms in total. The Morgan fingerprint density at radius 2 is 2.00 bits per heavy atom. The number of piperidine rings is 1. The highest BCUT2D eigenvalue weighted by molar-refractivity contribution is 6.03. The van der Waals surface area contributed by atoms with Gasteiger partial charge < -0.3 is 15.3 Å². The molecular formula is C16H22N2O3. The van der Waals surface area contributed by atoms with Gasteiger partial charge in [-0.25, -0.2) is 4.79 Å². The lowest BCUT2D eigenvalue weighted by atomic mass is 9.77. The Morgan fingerprint density at radius 1 is 1.33 bits per heavy atom. The number of hydrogen-bond acceptors (Lipinski definition) is 3. The third kappa shape index (κ3) is 3.08. The first-order valence-electron chi connectivity index (χ1n) is 7.18. The van der Waals surface area contributed by atoms with E-state index < -0.39 is 5.97 Å². The Morgan fingerprint density at radius 3 is 2.62 bits per heavy atom. The third-order valence-electron chi connectivity index (χ3n) is 4.20. The van der Waals surface area contributed by atoms with Crippen LogP contribution in [0.5, 0.6) is 0 Å². The smallest absolute Gasteiger partial charge is 0.337 e. The van der Waals surface area contributed by atoms with Crippen LogP contribution in [-0.2, 0) is 4.79 Å². The molecule has 1 aromatic carbocycles. The molecule has 5 heteroatoms. The molecule has 1 unspecified atom stereocenters. The van der Waals surface area contributed by atoms with Gasteiger partial charge in [-0.1, -0.05) is 26.0 Å². The Bertz CT molecular complexity index is 554. The number of benzene rings is 1. The fourth-order valence-corrected chi connectivity index (χ4v) is 2.89. The van der Waals surface area contributed by atoms with Gasteiger partial charge in [-0.05, 0) is 36.9 Å². The highest BCUT2D eigenvalue weighted by Gasteiger charge is 2.39. The predicted molar refractivity (Wildman–Crippen MR) is 81.6 cm³/mol. The van der Waals surface area contributed by atoms with E-state index in [-0.39, 0.29) is 22.9 Å². The number of hydrogen-bond donors (Lipinski definition) is 2. The van der Waals surface area contributed by atoms with Crippen LogP contribution < -0.4 is 10.2 Å². The maximum atomic E-state index is 12.8. The second kappa shape index (κ2) is 5.85.